The molecule has 0 saturated carbocycles. The summed E-state index contributed by atoms with van der Waals surface area (Å²) in [5.74, 6) is 0.00741. The molecular weight excluding hydrogens is 366 g/mol. The number of hydrogen-bond acceptors (Lipinski definition) is 4. The Labute approximate surface area is 160 Å². The van der Waals surface area contributed by atoms with E-state index in [-0.39, 0.29) is 18.3 Å². The number of rotatable bonds is 4. The molecule has 3 aromatic rings. The summed E-state index contributed by atoms with van der Waals surface area (Å²) in [6.45, 7) is 1.02. The van der Waals surface area contributed by atoms with E-state index >= 15 is 0 Å². The SMILES string of the molecule is O=C(c1cccc(F)c1)N1CCO[C@@H](c2ncc(Cc3ccc(F)cc3)o2)C1. The van der Waals surface area contributed by atoms with Crippen molar-refractivity contribution < 1.29 is 22.7 Å². The summed E-state index contributed by atoms with van der Waals surface area (Å²) in [4.78, 5) is 18.5. The van der Waals surface area contributed by atoms with Gasteiger partial charge in [0.2, 0.25) is 5.89 Å². The van der Waals surface area contributed by atoms with Crippen molar-refractivity contribution >= 4 is 5.91 Å². The molecule has 144 valence electrons. The number of nitrogens with zero attached hydrogens (tertiary/aromatic N) is 2. The van der Waals surface area contributed by atoms with E-state index < -0.39 is 11.9 Å². The third kappa shape index (κ3) is 4.09. The second kappa shape index (κ2) is 7.90. The van der Waals surface area contributed by atoms with Crippen LogP contribution in [0, 0.1) is 11.6 Å². The first kappa shape index (κ1) is 18.3. The monoisotopic (exact) mass is 384 g/mol. The van der Waals surface area contributed by atoms with Crippen molar-refractivity contribution in [2.45, 2.75) is 12.5 Å². The Balaban J connectivity index is 1.44. The Kier molecular flexibility index (Phi) is 5.16. The molecule has 0 bridgehead atoms. The minimum Gasteiger partial charge on any atom is -0.442 e. The van der Waals surface area contributed by atoms with Crippen LogP contribution in [0.3, 0.4) is 0 Å². The Morgan fingerprint density at radius 1 is 1.14 bits per heavy atom. The number of benzene rings is 2. The fraction of sp³-hybridized carbons (Fsp3) is 0.238. The minimum atomic E-state index is -0.492. The van der Waals surface area contributed by atoms with Crippen LogP contribution in [0.1, 0.15) is 33.7 Å². The second-order valence-electron chi connectivity index (χ2n) is 6.59. The minimum absolute atomic E-state index is 0.258. The van der Waals surface area contributed by atoms with Gasteiger partial charge in [0, 0.05) is 18.5 Å². The molecule has 7 heteroatoms. The maximum atomic E-state index is 13.4. The summed E-state index contributed by atoms with van der Waals surface area (Å²) >= 11 is 0. The standard InChI is InChI=1S/C21H18F2N2O3/c22-16-6-4-14(5-7-16)10-18-12-24-20(28-18)19-13-25(8-9-27-19)21(26)15-2-1-3-17(23)11-15/h1-7,11-12,19H,8-10,13H2/t19-/m1/s1. The molecule has 0 spiro atoms. The lowest BCUT2D eigenvalue weighted by molar-refractivity contribution is -0.0349. The molecule has 1 fully saturated rings. The van der Waals surface area contributed by atoms with Gasteiger partial charge in [-0.05, 0) is 35.9 Å². The summed E-state index contributed by atoms with van der Waals surface area (Å²) in [7, 11) is 0. The first-order valence-electron chi connectivity index (χ1n) is 8.94. The number of halogens is 2. The molecule has 2 aromatic carbocycles. The maximum absolute atomic E-state index is 13.4. The van der Waals surface area contributed by atoms with Crippen LogP contribution in [0.25, 0.3) is 0 Å². The summed E-state index contributed by atoms with van der Waals surface area (Å²) in [5, 5.41) is 0. The average Bonchev–Trinajstić information content (AvgIpc) is 3.18. The summed E-state index contributed by atoms with van der Waals surface area (Å²) in [6.07, 6.45) is 1.59. The zero-order chi connectivity index (χ0) is 19.5. The molecule has 1 aliphatic heterocycles. The quantitative estimate of drug-likeness (QED) is 0.687. The molecule has 28 heavy (non-hydrogen) atoms. The van der Waals surface area contributed by atoms with Gasteiger partial charge < -0.3 is 14.1 Å². The van der Waals surface area contributed by atoms with E-state index in [2.05, 4.69) is 4.98 Å². The zero-order valence-corrected chi connectivity index (χ0v) is 15.0. The van der Waals surface area contributed by atoms with Gasteiger partial charge in [0.15, 0.2) is 6.10 Å². The molecule has 1 atom stereocenters. The summed E-state index contributed by atoms with van der Waals surface area (Å²) in [5.41, 5.74) is 1.20. The normalized spacial score (nSPS) is 16.9. The van der Waals surface area contributed by atoms with Crippen molar-refractivity contribution in [1.29, 1.82) is 0 Å². The highest BCUT2D eigenvalue weighted by Crippen LogP contribution is 2.24. The molecule has 1 amide bonds. The number of morpholine rings is 1. The van der Waals surface area contributed by atoms with Gasteiger partial charge in [-0.2, -0.15) is 0 Å². The highest BCUT2D eigenvalue weighted by molar-refractivity contribution is 5.94. The lowest BCUT2D eigenvalue weighted by atomic mass is 10.1. The van der Waals surface area contributed by atoms with Crippen molar-refractivity contribution in [3.63, 3.8) is 0 Å². The second-order valence-corrected chi connectivity index (χ2v) is 6.59. The fourth-order valence-corrected chi connectivity index (χ4v) is 3.14. The third-order valence-electron chi connectivity index (χ3n) is 4.56. The van der Waals surface area contributed by atoms with Crippen molar-refractivity contribution in [3.05, 3.63) is 89.1 Å². The van der Waals surface area contributed by atoms with E-state index in [1.165, 1.54) is 30.3 Å². The average molecular weight is 384 g/mol. The van der Waals surface area contributed by atoms with Gasteiger partial charge in [-0.15, -0.1) is 0 Å². The Bertz CT molecular complexity index is 972. The van der Waals surface area contributed by atoms with Crippen LogP contribution < -0.4 is 0 Å². The van der Waals surface area contributed by atoms with Crippen LogP contribution in [-0.4, -0.2) is 35.5 Å². The molecule has 0 unspecified atom stereocenters. The molecule has 0 aliphatic carbocycles. The van der Waals surface area contributed by atoms with E-state index in [9.17, 15) is 13.6 Å². The molecule has 1 saturated heterocycles. The number of oxazole rings is 1. The van der Waals surface area contributed by atoms with Crippen LogP contribution >= 0.6 is 0 Å². The molecule has 1 aliphatic rings. The highest BCUT2D eigenvalue weighted by Gasteiger charge is 2.29. The Hall–Kier alpha value is -3.06. The van der Waals surface area contributed by atoms with Gasteiger partial charge in [0.1, 0.15) is 17.4 Å². The van der Waals surface area contributed by atoms with Crippen LogP contribution in [0.4, 0.5) is 8.78 Å². The molecule has 2 heterocycles. The zero-order valence-electron chi connectivity index (χ0n) is 15.0. The molecular formula is C21H18F2N2O3. The van der Waals surface area contributed by atoms with E-state index in [4.69, 9.17) is 9.15 Å². The highest BCUT2D eigenvalue weighted by atomic mass is 19.1. The Morgan fingerprint density at radius 3 is 2.75 bits per heavy atom. The summed E-state index contributed by atoms with van der Waals surface area (Å²) in [6, 6.07) is 11.8. The molecule has 0 N–H and O–H groups in total. The van der Waals surface area contributed by atoms with Gasteiger partial charge in [-0.3, -0.25) is 4.79 Å². The smallest absolute Gasteiger partial charge is 0.254 e. The van der Waals surface area contributed by atoms with Gasteiger partial charge >= 0.3 is 0 Å². The van der Waals surface area contributed by atoms with Crippen LogP contribution in [0.15, 0.2) is 59.1 Å². The van der Waals surface area contributed by atoms with Crippen molar-refractivity contribution in [2.24, 2.45) is 0 Å². The lowest BCUT2D eigenvalue weighted by Gasteiger charge is -2.31. The van der Waals surface area contributed by atoms with Crippen LogP contribution in [0.5, 0.6) is 0 Å². The Morgan fingerprint density at radius 2 is 1.96 bits per heavy atom. The first-order chi connectivity index (χ1) is 13.6. The van der Waals surface area contributed by atoms with Crippen LogP contribution in [0.2, 0.25) is 0 Å². The van der Waals surface area contributed by atoms with Crippen molar-refractivity contribution in [3.8, 4) is 0 Å². The molecule has 4 rings (SSSR count). The van der Waals surface area contributed by atoms with Gasteiger partial charge in [0.25, 0.3) is 5.91 Å². The van der Waals surface area contributed by atoms with E-state index in [1.807, 2.05) is 0 Å². The largest absolute Gasteiger partial charge is 0.442 e. The predicted molar refractivity (Wildman–Crippen MR) is 96.7 cm³/mol. The van der Waals surface area contributed by atoms with E-state index in [1.54, 1.807) is 29.3 Å². The number of aromatic nitrogens is 1. The van der Waals surface area contributed by atoms with Gasteiger partial charge in [-0.25, -0.2) is 13.8 Å². The fourth-order valence-electron chi connectivity index (χ4n) is 3.14. The van der Waals surface area contributed by atoms with Gasteiger partial charge in [0.05, 0.1) is 19.3 Å². The number of hydrogen-bond donors (Lipinski definition) is 0. The third-order valence-corrected chi connectivity index (χ3v) is 4.56. The van der Waals surface area contributed by atoms with Gasteiger partial charge in [-0.1, -0.05) is 18.2 Å². The maximum Gasteiger partial charge on any atom is 0.254 e. The van der Waals surface area contributed by atoms with Crippen molar-refractivity contribution in [2.75, 3.05) is 19.7 Å². The molecule has 5 nitrogen and oxygen atoms in total. The van der Waals surface area contributed by atoms with Crippen molar-refractivity contribution in [1.82, 2.24) is 9.88 Å². The number of amides is 1. The van der Waals surface area contributed by atoms with Crippen LogP contribution in [-0.2, 0) is 11.2 Å². The molecule has 0 radical (unpaired) electrons. The topological polar surface area (TPSA) is 55.6 Å². The predicted octanol–water partition coefficient (Wildman–Crippen LogP) is 3.76. The lowest BCUT2D eigenvalue weighted by Crippen LogP contribution is -2.42. The number of carbonyl (C=O) groups excluding carboxylic acids is 1. The first-order valence-corrected chi connectivity index (χ1v) is 8.94. The number of ether oxygens (including phenoxy) is 1. The van der Waals surface area contributed by atoms with E-state index in [0.29, 0.717) is 36.8 Å². The number of carbonyl (C=O) groups is 1. The molecule has 1 aromatic heterocycles. The summed E-state index contributed by atoms with van der Waals surface area (Å²) < 4.78 is 37.9. The van der Waals surface area contributed by atoms with E-state index in [0.717, 1.165) is 5.56 Å².